The number of amidine groups is 1. The molecule has 2 aliphatic heterocycles. The van der Waals surface area contributed by atoms with E-state index < -0.39 is 0 Å². The summed E-state index contributed by atoms with van der Waals surface area (Å²) in [7, 11) is 3.20. The molecule has 2 N–H and O–H groups in total. The molecule has 0 aliphatic carbocycles. The number of rotatable bonds is 4. The third-order valence-electron chi connectivity index (χ3n) is 4.61. The van der Waals surface area contributed by atoms with E-state index in [4.69, 9.17) is 14.9 Å². The Labute approximate surface area is 167 Å². The van der Waals surface area contributed by atoms with Gasteiger partial charge in [0.1, 0.15) is 5.84 Å². The highest BCUT2D eigenvalue weighted by Gasteiger charge is 2.35. The van der Waals surface area contributed by atoms with Crippen molar-refractivity contribution in [1.82, 2.24) is 5.32 Å². The number of benzene rings is 2. The number of nitrogens with zero attached hydrogens (tertiary/aromatic N) is 1. The standard InChI is InChI=1S/C21H19N3O3S/c1-26-17-9-8-13(10-18(17)27-2)16-12-28-21(23-16)15-11-19(25)24(20(15)22)14-6-4-3-5-7-14/h3-10,12,22-23H,11H2,1-2H3. The summed E-state index contributed by atoms with van der Waals surface area (Å²) in [6, 6.07) is 15.0. The Morgan fingerprint density at radius 2 is 1.82 bits per heavy atom. The van der Waals surface area contributed by atoms with Crippen LogP contribution in [-0.2, 0) is 4.79 Å². The average molecular weight is 393 g/mol. The van der Waals surface area contributed by atoms with Crippen LogP contribution in [0.4, 0.5) is 5.69 Å². The number of ether oxygens (including phenoxy) is 2. The second-order valence-corrected chi connectivity index (χ2v) is 7.12. The molecule has 1 amide bonds. The molecule has 0 atom stereocenters. The molecule has 0 spiro atoms. The van der Waals surface area contributed by atoms with Crippen molar-refractivity contribution in [3.05, 3.63) is 70.1 Å². The lowest BCUT2D eigenvalue weighted by Gasteiger charge is -2.16. The van der Waals surface area contributed by atoms with Crippen molar-refractivity contribution >= 4 is 34.9 Å². The van der Waals surface area contributed by atoms with E-state index in [2.05, 4.69) is 5.32 Å². The molecule has 0 unspecified atom stereocenters. The zero-order valence-electron chi connectivity index (χ0n) is 15.5. The monoisotopic (exact) mass is 393 g/mol. The molecule has 1 fully saturated rings. The minimum atomic E-state index is -0.0966. The minimum Gasteiger partial charge on any atom is -0.493 e. The molecule has 0 bridgehead atoms. The minimum absolute atomic E-state index is 0.0966. The summed E-state index contributed by atoms with van der Waals surface area (Å²) in [5.74, 6) is 1.43. The molecule has 2 heterocycles. The predicted molar refractivity (Wildman–Crippen MR) is 112 cm³/mol. The van der Waals surface area contributed by atoms with Crippen LogP contribution in [0.2, 0.25) is 0 Å². The number of thioether (sulfide) groups is 1. The molecule has 28 heavy (non-hydrogen) atoms. The van der Waals surface area contributed by atoms with Gasteiger partial charge in [-0.3, -0.25) is 15.1 Å². The van der Waals surface area contributed by atoms with E-state index in [-0.39, 0.29) is 18.2 Å². The van der Waals surface area contributed by atoms with Gasteiger partial charge in [0.2, 0.25) is 5.91 Å². The number of nitrogens with one attached hydrogen (secondary N) is 2. The molecule has 2 aromatic carbocycles. The zero-order chi connectivity index (χ0) is 19.7. The Balaban J connectivity index is 1.59. The van der Waals surface area contributed by atoms with E-state index in [0.717, 1.165) is 16.3 Å². The van der Waals surface area contributed by atoms with E-state index in [0.29, 0.717) is 22.8 Å². The maximum Gasteiger partial charge on any atom is 0.237 e. The number of methoxy groups -OCH3 is 2. The van der Waals surface area contributed by atoms with Gasteiger partial charge in [0.15, 0.2) is 11.5 Å². The van der Waals surface area contributed by atoms with Crippen molar-refractivity contribution in [3.8, 4) is 11.5 Å². The Kier molecular flexibility index (Phi) is 4.83. The molecule has 0 aromatic heterocycles. The fraction of sp³-hybridized carbons (Fsp3) is 0.143. The maximum absolute atomic E-state index is 12.5. The van der Waals surface area contributed by atoms with Crippen molar-refractivity contribution < 1.29 is 14.3 Å². The lowest BCUT2D eigenvalue weighted by molar-refractivity contribution is -0.116. The second kappa shape index (κ2) is 7.44. The van der Waals surface area contributed by atoms with Gasteiger partial charge in [-0.2, -0.15) is 0 Å². The van der Waals surface area contributed by atoms with Gasteiger partial charge in [-0.25, -0.2) is 0 Å². The van der Waals surface area contributed by atoms with E-state index >= 15 is 0 Å². The number of para-hydroxylation sites is 1. The molecule has 7 heteroatoms. The van der Waals surface area contributed by atoms with Crippen LogP contribution in [0.15, 0.2) is 64.5 Å². The molecule has 4 rings (SSSR count). The van der Waals surface area contributed by atoms with Crippen molar-refractivity contribution in [2.75, 3.05) is 19.1 Å². The molecule has 1 saturated heterocycles. The van der Waals surface area contributed by atoms with E-state index in [9.17, 15) is 4.79 Å². The number of hydrogen-bond acceptors (Lipinski definition) is 6. The van der Waals surface area contributed by atoms with Crippen LogP contribution in [-0.4, -0.2) is 26.0 Å². The van der Waals surface area contributed by atoms with Gasteiger partial charge in [-0.05, 0) is 30.3 Å². The second-order valence-electron chi connectivity index (χ2n) is 6.24. The van der Waals surface area contributed by atoms with Crippen LogP contribution in [0.25, 0.3) is 5.70 Å². The first-order valence-electron chi connectivity index (χ1n) is 8.68. The first kappa shape index (κ1) is 18.2. The number of carbonyl (C=O) groups is 1. The molecule has 0 saturated carbocycles. The van der Waals surface area contributed by atoms with Gasteiger partial charge >= 0.3 is 0 Å². The van der Waals surface area contributed by atoms with E-state index in [1.165, 1.54) is 16.7 Å². The lowest BCUT2D eigenvalue weighted by Crippen LogP contribution is -2.28. The third-order valence-corrected chi connectivity index (χ3v) is 5.55. The van der Waals surface area contributed by atoms with Gasteiger partial charge < -0.3 is 14.8 Å². The summed E-state index contributed by atoms with van der Waals surface area (Å²) >= 11 is 1.48. The van der Waals surface area contributed by atoms with Gasteiger partial charge in [-0.15, -0.1) is 0 Å². The maximum atomic E-state index is 12.5. The van der Waals surface area contributed by atoms with Gasteiger partial charge in [-0.1, -0.05) is 30.0 Å². The molecule has 2 aliphatic rings. The number of hydrogen-bond donors (Lipinski definition) is 2. The van der Waals surface area contributed by atoms with Gasteiger partial charge in [0, 0.05) is 16.5 Å². The fourth-order valence-corrected chi connectivity index (χ4v) is 4.11. The number of carbonyl (C=O) groups excluding carboxylic acids is 1. The molecule has 6 nitrogen and oxygen atoms in total. The lowest BCUT2D eigenvalue weighted by atomic mass is 10.1. The van der Waals surface area contributed by atoms with Crippen molar-refractivity contribution in [1.29, 1.82) is 5.41 Å². The normalized spacial score (nSPS) is 18.9. The first-order valence-corrected chi connectivity index (χ1v) is 9.56. The zero-order valence-corrected chi connectivity index (χ0v) is 16.3. The largest absolute Gasteiger partial charge is 0.493 e. The molecule has 0 radical (unpaired) electrons. The highest BCUT2D eigenvalue weighted by molar-refractivity contribution is 8.06. The molecule has 142 valence electrons. The van der Waals surface area contributed by atoms with E-state index in [1.54, 1.807) is 14.2 Å². The summed E-state index contributed by atoms with van der Waals surface area (Å²) < 4.78 is 10.7. The molecular weight excluding hydrogens is 374 g/mol. The highest BCUT2D eigenvalue weighted by atomic mass is 32.2. The SMILES string of the molecule is COc1ccc(C2=CSC(=C3CC(=O)N(c4ccccc4)C3=N)N2)cc1OC. The Morgan fingerprint density at radius 3 is 2.54 bits per heavy atom. The first-order chi connectivity index (χ1) is 13.6. The van der Waals surface area contributed by atoms with E-state index in [1.807, 2.05) is 53.9 Å². The van der Waals surface area contributed by atoms with Crippen LogP contribution in [0, 0.1) is 5.41 Å². The summed E-state index contributed by atoms with van der Waals surface area (Å²) in [4.78, 5) is 14.0. The highest BCUT2D eigenvalue weighted by Crippen LogP contribution is 2.38. The summed E-state index contributed by atoms with van der Waals surface area (Å²) in [5, 5.41) is 14.7. The molecular formula is C21H19N3O3S. The van der Waals surface area contributed by atoms with Crippen LogP contribution in [0.3, 0.4) is 0 Å². The van der Waals surface area contributed by atoms with Crippen molar-refractivity contribution in [2.45, 2.75) is 6.42 Å². The Morgan fingerprint density at radius 1 is 1.07 bits per heavy atom. The van der Waals surface area contributed by atoms with Crippen LogP contribution in [0.5, 0.6) is 11.5 Å². The smallest absolute Gasteiger partial charge is 0.237 e. The topological polar surface area (TPSA) is 74.7 Å². The molecule has 2 aromatic rings. The Hall–Kier alpha value is -3.19. The van der Waals surface area contributed by atoms with Gasteiger partial charge in [0.05, 0.1) is 37.1 Å². The number of anilines is 1. The van der Waals surface area contributed by atoms with Crippen LogP contribution < -0.4 is 19.7 Å². The Bertz CT molecular complexity index is 1010. The van der Waals surface area contributed by atoms with Gasteiger partial charge in [0.25, 0.3) is 0 Å². The fourth-order valence-electron chi connectivity index (χ4n) is 3.20. The summed E-state index contributed by atoms with van der Waals surface area (Å²) in [6.07, 6.45) is 0.204. The van der Waals surface area contributed by atoms with Crippen molar-refractivity contribution in [3.63, 3.8) is 0 Å². The summed E-state index contributed by atoms with van der Waals surface area (Å²) in [5.41, 5.74) is 3.25. The predicted octanol–water partition coefficient (Wildman–Crippen LogP) is 3.96. The van der Waals surface area contributed by atoms with Crippen LogP contribution >= 0.6 is 11.8 Å². The number of amides is 1. The third kappa shape index (κ3) is 3.14. The summed E-state index contributed by atoms with van der Waals surface area (Å²) in [6.45, 7) is 0. The quantitative estimate of drug-likeness (QED) is 0.822. The van der Waals surface area contributed by atoms with Crippen LogP contribution in [0.1, 0.15) is 12.0 Å². The average Bonchev–Trinajstić information content (AvgIpc) is 3.32. The van der Waals surface area contributed by atoms with Crippen molar-refractivity contribution in [2.24, 2.45) is 0 Å².